The molecule has 4 unspecified atom stereocenters. The fraction of sp³-hybridized carbons (Fsp3) is 0.571. The second kappa shape index (κ2) is 15.8. The Balaban J connectivity index is 2.67. The van der Waals surface area contributed by atoms with Crippen molar-refractivity contribution in [3.8, 4) is 0 Å². The third-order valence-electron chi connectivity index (χ3n) is 7.68. The summed E-state index contributed by atoms with van der Waals surface area (Å²) in [7, 11) is 0. The Bertz CT molecular complexity index is 1170. The van der Waals surface area contributed by atoms with E-state index in [1.807, 2.05) is 76.2 Å². The van der Waals surface area contributed by atoms with E-state index < -0.39 is 23.8 Å². The van der Waals surface area contributed by atoms with Gasteiger partial charge in [-0.15, -0.1) is 0 Å². The second-order valence-corrected chi connectivity index (χ2v) is 12.9. The number of aryl methyl sites for hydroxylation is 2. The molecule has 0 radical (unpaired) electrons. The van der Waals surface area contributed by atoms with Crippen LogP contribution >= 0.6 is 0 Å². The molecule has 7 nitrogen and oxygen atoms in total. The van der Waals surface area contributed by atoms with E-state index in [4.69, 9.17) is 4.74 Å². The lowest BCUT2D eigenvalue weighted by Gasteiger charge is -2.40. The normalized spacial score (nSPS) is 14.5. The van der Waals surface area contributed by atoms with Crippen LogP contribution in [0.5, 0.6) is 0 Å². The van der Waals surface area contributed by atoms with Crippen LogP contribution < -0.4 is 10.6 Å². The van der Waals surface area contributed by atoms with Crippen LogP contribution in [0.1, 0.15) is 104 Å². The van der Waals surface area contributed by atoms with Crippen molar-refractivity contribution < 1.29 is 19.1 Å². The summed E-state index contributed by atoms with van der Waals surface area (Å²) < 4.78 is 5.54. The SMILES string of the molecule is CCc1ccc(C(C(=O)Nc2ccccc2C)N(C(=O)C(NC(=O)OC(C)(C)C)C(C)CC)C(C)CCC(C)C)cc1. The predicted octanol–water partition coefficient (Wildman–Crippen LogP) is 7.83. The third kappa shape index (κ3) is 10.2. The van der Waals surface area contributed by atoms with E-state index in [0.717, 1.165) is 29.5 Å². The van der Waals surface area contributed by atoms with Crippen molar-refractivity contribution in [2.24, 2.45) is 11.8 Å². The number of nitrogens with one attached hydrogen (secondary N) is 2. The minimum Gasteiger partial charge on any atom is -0.444 e. The molecule has 0 aliphatic heterocycles. The fourth-order valence-corrected chi connectivity index (χ4v) is 4.88. The van der Waals surface area contributed by atoms with E-state index in [1.165, 1.54) is 0 Å². The van der Waals surface area contributed by atoms with Gasteiger partial charge in [0.05, 0.1) is 0 Å². The van der Waals surface area contributed by atoms with E-state index in [1.54, 1.807) is 25.7 Å². The first-order chi connectivity index (χ1) is 19.7. The topological polar surface area (TPSA) is 87.7 Å². The van der Waals surface area contributed by atoms with Crippen molar-refractivity contribution >= 4 is 23.6 Å². The minimum atomic E-state index is -0.905. The number of alkyl carbamates (subject to hydrolysis) is 1. The number of carbonyl (C=O) groups excluding carboxylic acids is 3. The maximum absolute atomic E-state index is 14.7. The zero-order chi connectivity index (χ0) is 31.6. The number of hydrogen-bond acceptors (Lipinski definition) is 4. The van der Waals surface area contributed by atoms with Crippen molar-refractivity contribution in [3.63, 3.8) is 0 Å². The number of rotatable bonds is 13. The molecule has 0 saturated heterocycles. The van der Waals surface area contributed by atoms with Crippen LogP contribution in [0.25, 0.3) is 0 Å². The standard InChI is InChI=1S/C35H53N3O4/c1-11-24(5)30(37-34(41)42-35(8,9)10)33(40)38(26(7)18-17-23(3)4)31(28-21-19-27(12-2)20-22-28)32(39)36-29-16-14-13-15-25(29)6/h13-16,19-24,26,30-31H,11-12,17-18H2,1-10H3,(H,36,39)(H,37,41). The van der Waals surface area contributed by atoms with E-state index in [0.29, 0.717) is 24.4 Å². The van der Waals surface area contributed by atoms with Crippen LogP contribution in [0.4, 0.5) is 10.5 Å². The highest BCUT2D eigenvalue weighted by Gasteiger charge is 2.40. The highest BCUT2D eigenvalue weighted by Crippen LogP contribution is 2.30. The molecule has 232 valence electrons. The van der Waals surface area contributed by atoms with Crippen LogP contribution in [-0.2, 0) is 20.7 Å². The number of anilines is 1. The molecule has 0 aliphatic rings. The molecule has 0 bridgehead atoms. The lowest BCUT2D eigenvalue weighted by Crippen LogP contribution is -2.57. The van der Waals surface area contributed by atoms with Gasteiger partial charge in [0.1, 0.15) is 17.7 Å². The molecule has 7 heteroatoms. The summed E-state index contributed by atoms with van der Waals surface area (Å²) in [4.78, 5) is 43.6. The molecule has 0 spiro atoms. The molecular weight excluding hydrogens is 526 g/mol. The summed E-state index contributed by atoms with van der Waals surface area (Å²) in [6, 6.07) is 13.5. The summed E-state index contributed by atoms with van der Waals surface area (Å²) in [5, 5.41) is 5.96. The molecule has 2 rings (SSSR count). The van der Waals surface area contributed by atoms with Gasteiger partial charge < -0.3 is 20.3 Å². The van der Waals surface area contributed by atoms with Gasteiger partial charge in [-0.25, -0.2) is 4.79 Å². The Morgan fingerprint density at radius 2 is 1.52 bits per heavy atom. The summed E-state index contributed by atoms with van der Waals surface area (Å²) >= 11 is 0. The van der Waals surface area contributed by atoms with Crippen LogP contribution in [0.2, 0.25) is 0 Å². The highest BCUT2D eigenvalue weighted by atomic mass is 16.6. The molecule has 0 fully saturated rings. The Morgan fingerprint density at radius 3 is 2.05 bits per heavy atom. The van der Waals surface area contributed by atoms with Gasteiger partial charge in [-0.2, -0.15) is 0 Å². The summed E-state index contributed by atoms with van der Waals surface area (Å²) in [6.07, 6.45) is 2.48. The average molecular weight is 580 g/mol. The van der Waals surface area contributed by atoms with Crippen LogP contribution in [0.15, 0.2) is 48.5 Å². The van der Waals surface area contributed by atoms with Gasteiger partial charge in [-0.3, -0.25) is 9.59 Å². The molecule has 0 aliphatic carbocycles. The van der Waals surface area contributed by atoms with Crippen LogP contribution in [-0.4, -0.2) is 40.5 Å². The van der Waals surface area contributed by atoms with E-state index in [9.17, 15) is 14.4 Å². The predicted molar refractivity (Wildman–Crippen MR) is 171 cm³/mol. The molecule has 2 N–H and O–H groups in total. The first-order valence-electron chi connectivity index (χ1n) is 15.4. The van der Waals surface area contributed by atoms with Gasteiger partial charge in [0, 0.05) is 11.7 Å². The first kappa shape index (κ1) is 34.8. The quantitative estimate of drug-likeness (QED) is 0.253. The van der Waals surface area contributed by atoms with Crippen molar-refractivity contribution in [1.29, 1.82) is 0 Å². The molecule has 0 saturated carbocycles. The van der Waals surface area contributed by atoms with Crippen molar-refractivity contribution in [2.45, 2.75) is 119 Å². The van der Waals surface area contributed by atoms with Crippen molar-refractivity contribution in [3.05, 3.63) is 65.2 Å². The number of hydrogen-bond donors (Lipinski definition) is 2. The van der Waals surface area contributed by atoms with Gasteiger partial charge in [0.15, 0.2) is 0 Å². The van der Waals surface area contributed by atoms with Crippen molar-refractivity contribution in [1.82, 2.24) is 10.2 Å². The number of amides is 3. The van der Waals surface area contributed by atoms with Crippen LogP contribution in [0, 0.1) is 18.8 Å². The zero-order valence-electron chi connectivity index (χ0n) is 27.4. The molecule has 4 atom stereocenters. The lowest BCUT2D eigenvalue weighted by molar-refractivity contribution is -0.144. The molecule has 2 aromatic rings. The Hall–Kier alpha value is -3.35. The van der Waals surface area contributed by atoms with E-state index in [-0.39, 0.29) is 23.8 Å². The van der Waals surface area contributed by atoms with Gasteiger partial charge in [0.25, 0.3) is 5.91 Å². The summed E-state index contributed by atoms with van der Waals surface area (Å²) in [5.74, 6) is -0.348. The molecular formula is C35H53N3O4. The van der Waals surface area contributed by atoms with Gasteiger partial charge >= 0.3 is 6.09 Å². The largest absolute Gasteiger partial charge is 0.444 e. The minimum absolute atomic E-state index is 0.188. The average Bonchev–Trinajstić information content (AvgIpc) is 2.92. The highest BCUT2D eigenvalue weighted by molar-refractivity contribution is 5.99. The number of carbonyl (C=O) groups is 3. The molecule has 0 aromatic heterocycles. The number of benzene rings is 2. The van der Waals surface area contributed by atoms with E-state index >= 15 is 0 Å². The maximum Gasteiger partial charge on any atom is 0.408 e. The third-order valence-corrected chi connectivity index (χ3v) is 7.68. The lowest BCUT2D eigenvalue weighted by atomic mass is 9.93. The number of nitrogens with zero attached hydrogens (tertiary/aromatic N) is 1. The van der Waals surface area contributed by atoms with Crippen LogP contribution in [0.3, 0.4) is 0 Å². The summed E-state index contributed by atoms with van der Waals surface area (Å²) in [5.41, 5.74) is 2.79. The summed E-state index contributed by atoms with van der Waals surface area (Å²) in [6.45, 7) is 19.6. The maximum atomic E-state index is 14.7. The molecule has 0 heterocycles. The second-order valence-electron chi connectivity index (χ2n) is 12.9. The first-order valence-corrected chi connectivity index (χ1v) is 15.4. The zero-order valence-corrected chi connectivity index (χ0v) is 27.4. The molecule has 2 aromatic carbocycles. The molecule has 42 heavy (non-hydrogen) atoms. The monoisotopic (exact) mass is 579 g/mol. The van der Waals surface area contributed by atoms with Gasteiger partial charge in [0.2, 0.25) is 5.91 Å². The van der Waals surface area contributed by atoms with E-state index in [2.05, 4.69) is 31.4 Å². The Morgan fingerprint density at radius 1 is 0.905 bits per heavy atom. The number of para-hydroxylation sites is 1. The Kier molecular flexibility index (Phi) is 13.1. The van der Waals surface area contributed by atoms with Crippen molar-refractivity contribution in [2.75, 3.05) is 5.32 Å². The Labute approximate surface area is 253 Å². The smallest absolute Gasteiger partial charge is 0.408 e. The number of ether oxygens (including phenoxy) is 1. The molecule has 3 amide bonds. The van der Waals surface area contributed by atoms with Gasteiger partial charge in [-0.1, -0.05) is 83.5 Å². The fourth-order valence-electron chi connectivity index (χ4n) is 4.88. The van der Waals surface area contributed by atoms with Gasteiger partial charge in [-0.05, 0) is 88.5 Å².